The molecule has 0 amide bonds. The van der Waals surface area contributed by atoms with E-state index in [4.69, 9.17) is 26.8 Å². The molecule has 0 radical (unpaired) electrons. The standard InChI is InChI=1S/C10H12ClNO3/c1-14-6-3-7(12)10(8(13)5-11)9(4-6)15-2/h3-4H,5,12H2,1-2H3. The van der Waals surface area contributed by atoms with E-state index in [-0.39, 0.29) is 11.7 Å². The summed E-state index contributed by atoms with van der Waals surface area (Å²) >= 11 is 5.47. The second kappa shape index (κ2) is 4.89. The molecule has 0 unspecified atom stereocenters. The zero-order valence-corrected chi connectivity index (χ0v) is 9.30. The number of carbonyl (C=O) groups is 1. The molecule has 1 aromatic carbocycles. The van der Waals surface area contributed by atoms with Gasteiger partial charge in [0.25, 0.3) is 0 Å². The molecule has 4 nitrogen and oxygen atoms in total. The first-order chi connectivity index (χ1) is 7.13. The van der Waals surface area contributed by atoms with Gasteiger partial charge in [-0.2, -0.15) is 0 Å². The molecule has 0 aliphatic carbocycles. The third kappa shape index (κ3) is 2.33. The number of halogens is 1. The summed E-state index contributed by atoms with van der Waals surface area (Å²) in [6.45, 7) is 0. The van der Waals surface area contributed by atoms with Crippen LogP contribution in [0.25, 0.3) is 0 Å². The van der Waals surface area contributed by atoms with Gasteiger partial charge in [-0.25, -0.2) is 0 Å². The number of rotatable bonds is 4. The van der Waals surface area contributed by atoms with Gasteiger partial charge in [-0.05, 0) is 0 Å². The van der Waals surface area contributed by atoms with Gasteiger partial charge in [0.05, 0.1) is 25.7 Å². The van der Waals surface area contributed by atoms with Crippen molar-refractivity contribution >= 4 is 23.1 Å². The van der Waals surface area contributed by atoms with E-state index in [1.807, 2.05) is 0 Å². The highest BCUT2D eigenvalue weighted by Crippen LogP contribution is 2.30. The van der Waals surface area contributed by atoms with Gasteiger partial charge in [-0.15, -0.1) is 11.6 Å². The van der Waals surface area contributed by atoms with E-state index >= 15 is 0 Å². The molecule has 1 aromatic rings. The third-order valence-electron chi connectivity index (χ3n) is 1.96. The number of ketones is 1. The first-order valence-electron chi connectivity index (χ1n) is 4.24. The Kier molecular flexibility index (Phi) is 3.80. The number of carbonyl (C=O) groups excluding carboxylic acids is 1. The highest BCUT2D eigenvalue weighted by molar-refractivity contribution is 6.31. The molecule has 0 bridgehead atoms. The molecule has 0 atom stereocenters. The minimum Gasteiger partial charge on any atom is -0.497 e. The number of Topliss-reactive ketones (excluding diaryl/α,β-unsaturated/α-hetero) is 1. The molecule has 2 N–H and O–H groups in total. The monoisotopic (exact) mass is 229 g/mol. The quantitative estimate of drug-likeness (QED) is 0.485. The molecule has 1 rings (SSSR count). The second-order valence-electron chi connectivity index (χ2n) is 2.85. The molecular formula is C10H12ClNO3. The molecule has 0 spiro atoms. The average Bonchev–Trinajstić information content (AvgIpc) is 2.26. The molecule has 0 aliphatic rings. The van der Waals surface area contributed by atoms with Crippen LogP contribution in [0.15, 0.2) is 12.1 Å². The fraction of sp³-hybridized carbons (Fsp3) is 0.300. The lowest BCUT2D eigenvalue weighted by Gasteiger charge is -2.11. The SMILES string of the molecule is COc1cc(N)c(C(=O)CCl)c(OC)c1. The van der Waals surface area contributed by atoms with Crippen LogP contribution < -0.4 is 15.2 Å². The first kappa shape index (κ1) is 11.7. The number of methoxy groups -OCH3 is 2. The summed E-state index contributed by atoms with van der Waals surface area (Å²) < 4.78 is 10.1. The molecule has 0 fully saturated rings. The van der Waals surface area contributed by atoms with Gasteiger partial charge >= 0.3 is 0 Å². The first-order valence-corrected chi connectivity index (χ1v) is 4.78. The van der Waals surface area contributed by atoms with Crippen LogP contribution in [0.4, 0.5) is 5.69 Å². The normalized spacial score (nSPS) is 9.80. The largest absolute Gasteiger partial charge is 0.497 e. The Hall–Kier alpha value is -1.42. The predicted molar refractivity (Wildman–Crippen MR) is 59.0 cm³/mol. The lowest BCUT2D eigenvalue weighted by Crippen LogP contribution is -2.08. The van der Waals surface area contributed by atoms with Crippen LogP contribution in [0.3, 0.4) is 0 Å². The van der Waals surface area contributed by atoms with Crippen LogP contribution in [-0.4, -0.2) is 25.9 Å². The Morgan fingerprint density at radius 2 is 2.07 bits per heavy atom. The van der Waals surface area contributed by atoms with Gasteiger partial charge in [0.15, 0.2) is 5.78 Å². The number of benzene rings is 1. The third-order valence-corrected chi connectivity index (χ3v) is 2.20. The summed E-state index contributed by atoms with van der Waals surface area (Å²) in [5.41, 5.74) is 6.31. The highest BCUT2D eigenvalue weighted by Gasteiger charge is 2.16. The van der Waals surface area contributed by atoms with Crippen molar-refractivity contribution in [3.05, 3.63) is 17.7 Å². The predicted octanol–water partition coefficient (Wildman–Crippen LogP) is 1.71. The maximum absolute atomic E-state index is 11.5. The van der Waals surface area contributed by atoms with E-state index in [2.05, 4.69) is 0 Å². The van der Waals surface area contributed by atoms with E-state index in [0.717, 1.165) is 0 Å². The van der Waals surface area contributed by atoms with Crippen molar-refractivity contribution in [1.82, 2.24) is 0 Å². The van der Waals surface area contributed by atoms with Crippen molar-refractivity contribution in [2.75, 3.05) is 25.8 Å². The maximum atomic E-state index is 11.5. The van der Waals surface area contributed by atoms with Crippen LogP contribution in [0.1, 0.15) is 10.4 Å². The molecule has 0 saturated heterocycles. The van der Waals surface area contributed by atoms with Crippen LogP contribution in [0.2, 0.25) is 0 Å². The molecular weight excluding hydrogens is 218 g/mol. The second-order valence-corrected chi connectivity index (χ2v) is 3.12. The zero-order chi connectivity index (χ0) is 11.4. The number of hydrogen-bond donors (Lipinski definition) is 1. The van der Waals surface area contributed by atoms with Gasteiger partial charge < -0.3 is 15.2 Å². The number of nitrogen functional groups attached to an aromatic ring is 1. The number of hydrogen-bond acceptors (Lipinski definition) is 4. The summed E-state index contributed by atoms with van der Waals surface area (Å²) in [4.78, 5) is 11.5. The van der Waals surface area contributed by atoms with Crippen LogP contribution in [-0.2, 0) is 0 Å². The Morgan fingerprint density at radius 3 is 2.53 bits per heavy atom. The number of nitrogens with two attached hydrogens (primary N) is 1. The van der Waals surface area contributed by atoms with E-state index < -0.39 is 0 Å². The van der Waals surface area contributed by atoms with Gasteiger partial charge in [-0.1, -0.05) is 0 Å². The summed E-state index contributed by atoms with van der Waals surface area (Å²) in [7, 11) is 2.97. The maximum Gasteiger partial charge on any atom is 0.183 e. The van der Waals surface area contributed by atoms with Crippen molar-refractivity contribution in [2.24, 2.45) is 0 Å². The average molecular weight is 230 g/mol. The van der Waals surface area contributed by atoms with Gasteiger partial charge in [0.2, 0.25) is 0 Å². The van der Waals surface area contributed by atoms with Gasteiger partial charge in [-0.3, -0.25) is 4.79 Å². The molecule has 0 aliphatic heterocycles. The Bertz CT molecular complexity index is 379. The topological polar surface area (TPSA) is 61.5 Å². The fourth-order valence-corrected chi connectivity index (χ4v) is 1.39. The van der Waals surface area contributed by atoms with E-state index in [0.29, 0.717) is 22.7 Å². The van der Waals surface area contributed by atoms with Crippen molar-refractivity contribution < 1.29 is 14.3 Å². The van der Waals surface area contributed by atoms with Gasteiger partial charge in [0.1, 0.15) is 11.5 Å². The van der Waals surface area contributed by atoms with Crippen molar-refractivity contribution in [3.63, 3.8) is 0 Å². The van der Waals surface area contributed by atoms with Crippen LogP contribution in [0.5, 0.6) is 11.5 Å². The van der Waals surface area contributed by atoms with Crippen molar-refractivity contribution in [1.29, 1.82) is 0 Å². The Labute approximate surface area is 92.9 Å². The fourth-order valence-electron chi connectivity index (χ4n) is 1.25. The van der Waals surface area contributed by atoms with Crippen molar-refractivity contribution in [3.8, 4) is 11.5 Å². The Balaban J connectivity index is 3.30. The smallest absolute Gasteiger partial charge is 0.183 e. The molecule has 0 aromatic heterocycles. The molecule has 0 saturated carbocycles. The zero-order valence-electron chi connectivity index (χ0n) is 8.54. The molecule has 5 heteroatoms. The summed E-state index contributed by atoms with van der Waals surface area (Å²) in [6.07, 6.45) is 0. The highest BCUT2D eigenvalue weighted by atomic mass is 35.5. The van der Waals surface area contributed by atoms with E-state index in [1.54, 1.807) is 12.1 Å². The molecule has 82 valence electrons. The van der Waals surface area contributed by atoms with Crippen LogP contribution >= 0.6 is 11.6 Å². The number of anilines is 1. The minimum atomic E-state index is -0.270. The number of alkyl halides is 1. The van der Waals surface area contributed by atoms with Gasteiger partial charge in [0, 0.05) is 17.8 Å². The summed E-state index contributed by atoms with van der Waals surface area (Å²) in [6, 6.07) is 3.15. The number of ether oxygens (including phenoxy) is 2. The molecule has 0 heterocycles. The summed E-state index contributed by atoms with van der Waals surface area (Å²) in [5.74, 6) is 0.508. The van der Waals surface area contributed by atoms with E-state index in [1.165, 1.54) is 14.2 Å². The van der Waals surface area contributed by atoms with E-state index in [9.17, 15) is 4.79 Å². The molecule has 15 heavy (non-hydrogen) atoms. The van der Waals surface area contributed by atoms with Crippen LogP contribution in [0, 0.1) is 0 Å². The lowest BCUT2D eigenvalue weighted by molar-refractivity contribution is 0.101. The Morgan fingerprint density at radius 1 is 1.40 bits per heavy atom. The summed E-state index contributed by atoms with van der Waals surface area (Å²) in [5, 5.41) is 0. The lowest BCUT2D eigenvalue weighted by atomic mass is 10.1. The minimum absolute atomic E-state index is 0.132. The van der Waals surface area contributed by atoms with Crippen molar-refractivity contribution in [2.45, 2.75) is 0 Å².